The highest BCUT2D eigenvalue weighted by Gasteiger charge is 2.01. The van der Waals surface area contributed by atoms with Crippen LogP contribution in [0.4, 0.5) is 0 Å². The van der Waals surface area contributed by atoms with Crippen molar-refractivity contribution < 1.29 is 9.05 Å². The van der Waals surface area contributed by atoms with Gasteiger partial charge in [0.2, 0.25) is 5.89 Å². The average molecular weight is 194 g/mol. The van der Waals surface area contributed by atoms with E-state index in [9.17, 15) is 0 Å². The summed E-state index contributed by atoms with van der Waals surface area (Å²) >= 11 is 0. The fourth-order valence-electron chi connectivity index (χ4n) is 1.04. The second kappa shape index (κ2) is 4.01. The van der Waals surface area contributed by atoms with E-state index in [4.69, 9.17) is 4.52 Å². The van der Waals surface area contributed by atoms with E-state index in [1.807, 2.05) is 0 Å². The van der Waals surface area contributed by atoms with Crippen molar-refractivity contribution in [3.05, 3.63) is 29.7 Å². The summed E-state index contributed by atoms with van der Waals surface area (Å²) < 4.78 is 9.60. The number of hydrogen-bond donors (Lipinski definition) is 1. The first-order chi connectivity index (χ1) is 6.84. The Kier molecular flexibility index (Phi) is 2.55. The third-order valence-electron chi connectivity index (χ3n) is 1.66. The lowest BCUT2D eigenvalue weighted by molar-refractivity contribution is 0.364. The third kappa shape index (κ3) is 2.17. The summed E-state index contributed by atoms with van der Waals surface area (Å²) in [7, 11) is 0. The SMILES string of the molecule is Cc1noc(CNCc2cnoc2)n1. The zero-order valence-electron chi connectivity index (χ0n) is 7.73. The maximum absolute atomic E-state index is 4.92. The summed E-state index contributed by atoms with van der Waals surface area (Å²) in [6.07, 6.45) is 3.25. The first kappa shape index (κ1) is 8.89. The van der Waals surface area contributed by atoms with Crippen LogP contribution in [-0.4, -0.2) is 15.3 Å². The molecule has 6 nitrogen and oxygen atoms in total. The summed E-state index contributed by atoms with van der Waals surface area (Å²) in [5.41, 5.74) is 0.987. The monoisotopic (exact) mass is 194 g/mol. The highest BCUT2D eigenvalue weighted by molar-refractivity contribution is 4.99. The normalized spacial score (nSPS) is 10.6. The van der Waals surface area contributed by atoms with E-state index in [0.717, 1.165) is 5.56 Å². The number of aromatic nitrogens is 3. The zero-order chi connectivity index (χ0) is 9.80. The molecule has 0 aliphatic carbocycles. The van der Waals surface area contributed by atoms with Crippen molar-refractivity contribution >= 4 is 0 Å². The summed E-state index contributed by atoms with van der Waals surface area (Å²) in [6.45, 7) is 3.00. The van der Waals surface area contributed by atoms with Crippen LogP contribution < -0.4 is 5.32 Å². The van der Waals surface area contributed by atoms with Crippen LogP contribution in [0.15, 0.2) is 21.5 Å². The molecule has 2 rings (SSSR count). The van der Waals surface area contributed by atoms with Gasteiger partial charge in [-0.05, 0) is 6.92 Å². The predicted octanol–water partition coefficient (Wildman–Crippen LogP) is 0.656. The lowest BCUT2D eigenvalue weighted by atomic mass is 10.4. The summed E-state index contributed by atoms with van der Waals surface area (Å²) in [5, 5.41) is 10.4. The fourth-order valence-corrected chi connectivity index (χ4v) is 1.04. The predicted molar refractivity (Wildman–Crippen MR) is 46.1 cm³/mol. The van der Waals surface area contributed by atoms with Crippen molar-refractivity contribution in [2.75, 3.05) is 0 Å². The summed E-state index contributed by atoms with van der Waals surface area (Å²) in [4.78, 5) is 4.05. The van der Waals surface area contributed by atoms with Crippen LogP contribution in [0.3, 0.4) is 0 Å². The van der Waals surface area contributed by atoms with Gasteiger partial charge in [-0.2, -0.15) is 4.98 Å². The quantitative estimate of drug-likeness (QED) is 0.770. The van der Waals surface area contributed by atoms with Gasteiger partial charge in [0.1, 0.15) is 6.26 Å². The molecule has 6 heteroatoms. The number of rotatable bonds is 4. The smallest absolute Gasteiger partial charge is 0.240 e. The molecule has 0 amide bonds. The number of aryl methyl sites for hydroxylation is 1. The molecule has 2 aromatic heterocycles. The average Bonchev–Trinajstić information content (AvgIpc) is 2.77. The Morgan fingerprint density at radius 1 is 1.43 bits per heavy atom. The van der Waals surface area contributed by atoms with Crippen LogP contribution in [0, 0.1) is 6.92 Å². The maximum Gasteiger partial charge on any atom is 0.240 e. The first-order valence-electron chi connectivity index (χ1n) is 4.23. The van der Waals surface area contributed by atoms with Crippen LogP contribution in [0.25, 0.3) is 0 Å². The molecule has 0 aliphatic rings. The van der Waals surface area contributed by atoms with Crippen LogP contribution in [0.1, 0.15) is 17.3 Å². The number of nitrogens with zero attached hydrogens (tertiary/aromatic N) is 3. The lowest BCUT2D eigenvalue weighted by Crippen LogP contribution is -2.12. The molecule has 0 atom stereocenters. The molecule has 14 heavy (non-hydrogen) atoms. The van der Waals surface area contributed by atoms with Crippen molar-refractivity contribution in [3.63, 3.8) is 0 Å². The highest BCUT2D eigenvalue weighted by Crippen LogP contribution is 1.98. The van der Waals surface area contributed by atoms with Crippen LogP contribution in [0.2, 0.25) is 0 Å². The molecule has 0 bridgehead atoms. The van der Waals surface area contributed by atoms with Gasteiger partial charge in [0, 0.05) is 12.1 Å². The maximum atomic E-state index is 4.92. The molecule has 1 N–H and O–H groups in total. The molecule has 0 fully saturated rings. The van der Waals surface area contributed by atoms with E-state index in [1.165, 1.54) is 0 Å². The van der Waals surface area contributed by atoms with Gasteiger partial charge in [0.05, 0.1) is 12.7 Å². The molecule has 0 saturated carbocycles. The Labute approximate surface area is 80.3 Å². The number of hydrogen-bond acceptors (Lipinski definition) is 6. The standard InChI is InChI=1S/C8H10N4O2/c1-6-11-8(14-12-6)4-9-2-7-3-10-13-5-7/h3,5,9H,2,4H2,1H3. The largest absolute Gasteiger partial charge is 0.364 e. The molecule has 0 spiro atoms. The van der Waals surface area contributed by atoms with E-state index in [2.05, 4.69) is 25.1 Å². The van der Waals surface area contributed by atoms with Gasteiger partial charge in [-0.25, -0.2) is 0 Å². The number of nitrogens with one attached hydrogen (secondary N) is 1. The van der Waals surface area contributed by atoms with Gasteiger partial charge < -0.3 is 14.4 Å². The Hall–Kier alpha value is -1.69. The van der Waals surface area contributed by atoms with Crippen molar-refractivity contribution in [1.29, 1.82) is 0 Å². The second-order valence-electron chi connectivity index (χ2n) is 2.87. The fraction of sp³-hybridized carbons (Fsp3) is 0.375. The van der Waals surface area contributed by atoms with Gasteiger partial charge >= 0.3 is 0 Å². The molecule has 0 radical (unpaired) electrons. The zero-order valence-corrected chi connectivity index (χ0v) is 7.73. The Bertz CT molecular complexity index is 382. The van der Waals surface area contributed by atoms with Gasteiger partial charge in [0.25, 0.3) is 0 Å². The molecule has 0 unspecified atom stereocenters. The van der Waals surface area contributed by atoms with Gasteiger partial charge in [-0.3, -0.25) is 0 Å². The Morgan fingerprint density at radius 2 is 2.36 bits per heavy atom. The van der Waals surface area contributed by atoms with Crippen molar-refractivity contribution in [2.45, 2.75) is 20.0 Å². The third-order valence-corrected chi connectivity index (χ3v) is 1.66. The first-order valence-corrected chi connectivity index (χ1v) is 4.23. The molecular formula is C8H10N4O2. The Morgan fingerprint density at radius 3 is 3.00 bits per heavy atom. The minimum absolute atomic E-state index is 0.548. The summed E-state index contributed by atoms with van der Waals surface area (Å²) in [6, 6.07) is 0. The molecule has 0 saturated heterocycles. The van der Waals surface area contributed by atoms with Crippen LogP contribution >= 0.6 is 0 Å². The molecule has 2 aromatic rings. The molecule has 0 aliphatic heterocycles. The van der Waals surface area contributed by atoms with Crippen molar-refractivity contribution in [2.24, 2.45) is 0 Å². The molecule has 74 valence electrons. The highest BCUT2D eigenvalue weighted by atomic mass is 16.5. The van der Waals surface area contributed by atoms with Crippen molar-refractivity contribution in [3.8, 4) is 0 Å². The molecule has 0 aromatic carbocycles. The van der Waals surface area contributed by atoms with E-state index in [0.29, 0.717) is 24.8 Å². The minimum Gasteiger partial charge on any atom is -0.364 e. The van der Waals surface area contributed by atoms with Crippen LogP contribution in [-0.2, 0) is 13.1 Å². The van der Waals surface area contributed by atoms with Gasteiger partial charge in [-0.1, -0.05) is 10.3 Å². The van der Waals surface area contributed by atoms with Gasteiger partial charge in [-0.15, -0.1) is 0 Å². The van der Waals surface area contributed by atoms with E-state index >= 15 is 0 Å². The van der Waals surface area contributed by atoms with Gasteiger partial charge in [0.15, 0.2) is 5.82 Å². The summed E-state index contributed by atoms with van der Waals surface area (Å²) in [5.74, 6) is 1.23. The van der Waals surface area contributed by atoms with Crippen molar-refractivity contribution in [1.82, 2.24) is 20.6 Å². The van der Waals surface area contributed by atoms with E-state index in [-0.39, 0.29) is 0 Å². The van der Waals surface area contributed by atoms with E-state index in [1.54, 1.807) is 19.4 Å². The molecule has 2 heterocycles. The molecular weight excluding hydrogens is 184 g/mol. The minimum atomic E-state index is 0.548. The van der Waals surface area contributed by atoms with E-state index < -0.39 is 0 Å². The topological polar surface area (TPSA) is 77.0 Å². The van der Waals surface area contributed by atoms with Crippen LogP contribution in [0.5, 0.6) is 0 Å². The lowest BCUT2D eigenvalue weighted by Gasteiger charge is -1.96. The second-order valence-corrected chi connectivity index (χ2v) is 2.87. The Balaban J connectivity index is 1.78.